The van der Waals surface area contributed by atoms with Gasteiger partial charge in [0, 0.05) is 15.9 Å². The minimum atomic E-state index is -0.345. The lowest BCUT2D eigenvalue weighted by molar-refractivity contribution is 0.629. The van der Waals surface area contributed by atoms with Gasteiger partial charge < -0.3 is 9.55 Å². The van der Waals surface area contributed by atoms with E-state index in [9.17, 15) is 9.65 Å². The molecule has 6 heteroatoms. The number of aromatic nitrogens is 3. The lowest BCUT2D eigenvalue weighted by atomic mass is 10.1. The molecule has 138 valence electrons. The van der Waals surface area contributed by atoms with E-state index in [0.717, 1.165) is 27.1 Å². The van der Waals surface area contributed by atoms with Crippen LogP contribution in [0.15, 0.2) is 53.0 Å². The van der Waals surface area contributed by atoms with E-state index in [1.165, 1.54) is 12.1 Å². The van der Waals surface area contributed by atoms with Crippen molar-refractivity contribution in [3.8, 4) is 11.8 Å². The summed E-state index contributed by atoms with van der Waals surface area (Å²) in [6, 6.07) is 16.6. The molecule has 0 unspecified atom stereocenters. The van der Waals surface area contributed by atoms with E-state index in [4.69, 9.17) is 0 Å². The summed E-state index contributed by atoms with van der Waals surface area (Å²) in [5.74, 6) is 0.0796. The molecule has 1 N–H and O–H groups in total. The summed E-state index contributed by atoms with van der Waals surface area (Å²) in [5, 5.41) is 9.68. The minimum Gasteiger partial charge on any atom is -0.337 e. The number of allylic oxidation sites excluding steroid dienone is 1. The van der Waals surface area contributed by atoms with Crippen molar-refractivity contribution in [2.75, 3.05) is 0 Å². The Labute approximate surface area is 170 Å². The number of halogens is 2. The molecule has 4 aromatic rings. The van der Waals surface area contributed by atoms with Crippen molar-refractivity contribution in [3.05, 3.63) is 81.6 Å². The van der Waals surface area contributed by atoms with Crippen LogP contribution in [0.4, 0.5) is 4.39 Å². The number of aryl methyl sites for hydroxylation is 1. The largest absolute Gasteiger partial charge is 0.337 e. The van der Waals surface area contributed by atoms with Gasteiger partial charge in [0.1, 0.15) is 17.7 Å². The van der Waals surface area contributed by atoms with Gasteiger partial charge in [0.05, 0.1) is 22.3 Å². The molecule has 0 radical (unpaired) electrons. The third-order valence-electron chi connectivity index (χ3n) is 4.68. The second kappa shape index (κ2) is 7.10. The molecule has 2 heterocycles. The monoisotopic (exact) mass is 434 g/mol. The van der Waals surface area contributed by atoms with Crippen molar-refractivity contribution in [1.29, 1.82) is 5.26 Å². The lowest BCUT2D eigenvalue weighted by Crippen LogP contribution is -1.99. The second-order valence-corrected chi connectivity index (χ2v) is 7.38. The highest BCUT2D eigenvalue weighted by atomic mass is 79.9. The number of para-hydroxylation sites is 1. The first-order chi connectivity index (χ1) is 13.5. The molecule has 2 aromatic heterocycles. The van der Waals surface area contributed by atoms with Crippen molar-refractivity contribution in [1.82, 2.24) is 14.5 Å². The summed E-state index contributed by atoms with van der Waals surface area (Å²) >= 11 is 3.60. The third-order valence-corrected chi connectivity index (χ3v) is 5.35. The molecule has 0 aliphatic carbocycles. The van der Waals surface area contributed by atoms with E-state index >= 15 is 0 Å². The van der Waals surface area contributed by atoms with Gasteiger partial charge in [0.25, 0.3) is 0 Å². The number of hydrogen-bond acceptors (Lipinski definition) is 2. The van der Waals surface area contributed by atoms with Crippen LogP contribution in [0.2, 0.25) is 0 Å². The van der Waals surface area contributed by atoms with Crippen molar-refractivity contribution >= 4 is 38.6 Å². The second-order valence-electron chi connectivity index (χ2n) is 6.53. The lowest BCUT2D eigenvalue weighted by Gasteiger charge is -2.11. The Kier molecular flexibility index (Phi) is 4.62. The highest BCUT2D eigenvalue weighted by molar-refractivity contribution is 9.10. The fourth-order valence-corrected chi connectivity index (χ4v) is 3.82. The summed E-state index contributed by atoms with van der Waals surface area (Å²) in [4.78, 5) is 7.46. The number of rotatable bonds is 3. The van der Waals surface area contributed by atoms with Crippen molar-refractivity contribution in [3.63, 3.8) is 0 Å². The maximum Gasteiger partial charge on any atom is 0.149 e. The number of fused-ring (bicyclic) bond motifs is 1. The van der Waals surface area contributed by atoms with Crippen LogP contribution in [0.25, 0.3) is 28.4 Å². The Morgan fingerprint density at radius 2 is 2.00 bits per heavy atom. The predicted octanol–water partition coefficient (Wildman–Crippen LogP) is 5.94. The van der Waals surface area contributed by atoms with Gasteiger partial charge in [-0.25, -0.2) is 9.37 Å². The molecule has 4 nitrogen and oxygen atoms in total. The summed E-state index contributed by atoms with van der Waals surface area (Å²) in [6.45, 7) is 4.04. The normalized spacial score (nSPS) is 11.8. The maximum absolute atomic E-state index is 13.4. The molecular weight excluding hydrogens is 419 g/mol. The molecule has 0 bridgehead atoms. The number of aromatic amines is 1. The number of nitriles is 1. The van der Waals surface area contributed by atoms with Gasteiger partial charge in [-0.15, -0.1) is 0 Å². The van der Waals surface area contributed by atoms with Crippen molar-refractivity contribution in [2.45, 2.75) is 13.8 Å². The fourth-order valence-electron chi connectivity index (χ4n) is 3.36. The smallest absolute Gasteiger partial charge is 0.149 e. The molecule has 0 spiro atoms. The van der Waals surface area contributed by atoms with Gasteiger partial charge in [0.15, 0.2) is 0 Å². The molecule has 0 amide bonds. The van der Waals surface area contributed by atoms with E-state index in [-0.39, 0.29) is 5.82 Å². The minimum absolute atomic E-state index is 0.345. The first-order valence-corrected chi connectivity index (χ1v) is 9.48. The SMILES string of the molecule is Cc1cc(/C=C(/C#N)c2nc3ccc(F)cc3[nH]2)c(C)n1-c1ccccc1Br. The molecule has 0 atom stereocenters. The van der Waals surface area contributed by atoms with Gasteiger partial charge >= 0.3 is 0 Å². The Balaban J connectivity index is 1.82. The average molecular weight is 435 g/mol. The van der Waals surface area contributed by atoms with E-state index in [1.807, 2.05) is 50.3 Å². The number of hydrogen-bond donors (Lipinski definition) is 1. The Morgan fingerprint density at radius 3 is 2.75 bits per heavy atom. The molecule has 2 aromatic carbocycles. The summed E-state index contributed by atoms with van der Waals surface area (Å²) in [5.41, 5.74) is 5.61. The fraction of sp³-hybridized carbons (Fsp3) is 0.0909. The maximum atomic E-state index is 13.4. The predicted molar refractivity (Wildman–Crippen MR) is 112 cm³/mol. The van der Waals surface area contributed by atoms with Crippen molar-refractivity contribution < 1.29 is 4.39 Å². The average Bonchev–Trinajstić information content (AvgIpc) is 3.20. The van der Waals surface area contributed by atoms with Crippen LogP contribution in [-0.2, 0) is 0 Å². The van der Waals surface area contributed by atoms with Crippen LogP contribution < -0.4 is 0 Å². The van der Waals surface area contributed by atoms with Crippen LogP contribution in [0, 0.1) is 31.0 Å². The van der Waals surface area contributed by atoms with Crippen LogP contribution in [0.5, 0.6) is 0 Å². The van der Waals surface area contributed by atoms with Gasteiger partial charge in [-0.05, 0) is 77.8 Å². The molecule has 4 rings (SSSR count). The van der Waals surface area contributed by atoms with Crippen LogP contribution in [0.1, 0.15) is 22.8 Å². The van der Waals surface area contributed by atoms with Gasteiger partial charge in [-0.1, -0.05) is 12.1 Å². The zero-order chi connectivity index (χ0) is 19.8. The van der Waals surface area contributed by atoms with Gasteiger partial charge in [-0.3, -0.25) is 0 Å². The first kappa shape index (κ1) is 18.2. The summed E-state index contributed by atoms with van der Waals surface area (Å²) in [7, 11) is 0. The van der Waals surface area contributed by atoms with E-state index in [1.54, 1.807) is 6.07 Å². The zero-order valence-corrected chi connectivity index (χ0v) is 16.9. The third kappa shape index (κ3) is 3.14. The van der Waals surface area contributed by atoms with Gasteiger partial charge in [-0.2, -0.15) is 5.26 Å². The Morgan fingerprint density at radius 1 is 1.21 bits per heavy atom. The number of imidazole rings is 1. The van der Waals surface area contributed by atoms with E-state index in [2.05, 4.69) is 36.5 Å². The number of nitrogens with zero attached hydrogens (tertiary/aromatic N) is 3. The molecule has 0 saturated carbocycles. The Bertz CT molecular complexity index is 1270. The molecule has 0 saturated heterocycles. The molecule has 0 fully saturated rings. The number of H-pyrrole nitrogens is 1. The first-order valence-electron chi connectivity index (χ1n) is 8.69. The van der Waals surface area contributed by atoms with E-state index in [0.29, 0.717) is 22.4 Å². The van der Waals surface area contributed by atoms with Crippen LogP contribution >= 0.6 is 15.9 Å². The highest BCUT2D eigenvalue weighted by Crippen LogP contribution is 2.29. The Hall–Kier alpha value is -3.17. The van der Waals surface area contributed by atoms with E-state index < -0.39 is 0 Å². The highest BCUT2D eigenvalue weighted by Gasteiger charge is 2.14. The quantitative estimate of drug-likeness (QED) is 0.405. The molecular formula is C22H16BrFN4. The molecule has 0 aliphatic heterocycles. The number of benzene rings is 2. The molecule has 0 aliphatic rings. The topological polar surface area (TPSA) is 57.4 Å². The standard InChI is InChI=1S/C22H16BrFN4/c1-13-9-15(14(2)28(13)21-6-4-3-5-18(21)23)10-16(12-25)22-26-19-8-7-17(24)11-20(19)27-22/h3-11H,1-2H3,(H,26,27)/b16-10-. The van der Waals surface area contributed by atoms with Crippen LogP contribution in [0.3, 0.4) is 0 Å². The van der Waals surface area contributed by atoms with Crippen LogP contribution in [-0.4, -0.2) is 14.5 Å². The van der Waals surface area contributed by atoms with Gasteiger partial charge in [0.2, 0.25) is 0 Å². The molecule has 28 heavy (non-hydrogen) atoms. The number of nitrogens with one attached hydrogen (secondary N) is 1. The summed E-state index contributed by atoms with van der Waals surface area (Å²) < 4.78 is 16.6. The zero-order valence-electron chi connectivity index (χ0n) is 15.3. The van der Waals surface area contributed by atoms with Crippen molar-refractivity contribution in [2.24, 2.45) is 0 Å². The summed E-state index contributed by atoms with van der Waals surface area (Å²) in [6.07, 6.45) is 1.81.